The molecule has 168 valence electrons. The molecule has 32 heavy (non-hydrogen) atoms. The first-order valence-electron chi connectivity index (χ1n) is 9.62. The van der Waals surface area contributed by atoms with Crippen LogP contribution >= 0.6 is 11.3 Å². The monoisotopic (exact) mass is 461 g/mol. The maximum absolute atomic E-state index is 13.6. The summed E-state index contributed by atoms with van der Waals surface area (Å²) in [5, 5.41) is 7.44. The van der Waals surface area contributed by atoms with Gasteiger partial charge in [0.15, 0.2) is 5.13 Å². The van der Waals surface area contributed by atoms with Gasteiger partial charge in [0.05, 0.1) is 25.5 Å². The van der Waals surface area contributed by atoms with Crippen LogP contribution in [0.5, 0.6) is 11.5 Å². The predicted molar refractivity (Wildman–Crippen MR) is 117 cm³/mol. The van der Waals surface area contributed by atoms with E-state index in [1.165, 1.54) is 11.3 Å². The number of nitrogens with zero attached hydrogens (tertiary/aromatic N) is 1. The van der Waals surface area contributed by atoms with Gasteiger partial charge in [0, 0.05) is 30.0 Å². The Bertz CT molecular complexity index is 1120. The van der Waals surface area contributed by atoms with Crippen molar-refractivity contribution in [1.29, 1.82) is 0 Å². The van der Waals surface area contributed by atoms with E-state index in [0.717, 1.165) is 17.7 Å². The zero-order chi connectivity index (χ0) is 23.1. The number of aromatic nitrogens is 1. The molecule has 0 unspecified atom stereocenters. The Morgan fingerprint density at radius 2 is 1.91 bits per heavy atom. The molecule has 1 aromatic heterocycles. The van der Waals surface area contributed by atoms with Crippen molar-refractivity contribution < 1.29 is 27.8 Å². The standard InChI is InChI=1S/C22H21F2N3O4S/c1-30-14-6-8-19(31-2)16(11-14)18-12-32-22(26-18)27-20(28)4-3-9-25-21(29)15-7-5-13(23)10-17(15)24/h5-8,10-12H,3-4,9H2,1-2H3,(H,25,29)(H,26,27,28). The Labute approximate surface area is 187 Å². The van der Waals surface area contributed by atoms with Gasteiger partial charge in [-0.3, -0.25) is 9.59 Å². The van der Waals surface area contributed by atoms with Crippen molar-refractivity contribution in [3.8, 4) is 22.8 Å². The number of anilines is 1. The fraction of sp³-hybridized carbons (Fsp3) is 0.227. The molecule has 0 atom stereocenters. The molecule has 10 heteroatoms. The molecule has 0 aliphatic heterocycles. The quantitative estimate of drug-likeness (QED) is 0.465. The summed E-state index contributed by atoms with van der Waals surface area (Å²) in [7, 11) is 3.13. The molecule has 2 amide bonds. The first kappa shape index (κ1) is 23.1. The number of carbonyl (C=O) groups is 2. The van der Waals surface area contributed by atoms with Gasteiger partial charge < -0.3 is 20.1 Å². The molecule has 0 spiro atoms. The summed E-state index contributed by atoms with van der Waals surface area (Å²) in [4.78, 5) is 28.6. The van der Waals surface area contributed by atoms with Crippen LogP contribution in [-0.2, 0) is 4.79 Å². The van der Waals surface area contributed by atoms with Crippen molar-refractivity contribution in [2.24, 2.45) is 0 Å². The van der Waals surface area contributed by atoms with E-state index in [1.807, 2.05) is 0 Å². The molecule has 3 rings (SSSR count). The molecular weight excluding hydrogens is 440 g/mol. The third-order valence-corrected chi connectivity index (χ3v) is 5.23. The van der Waals surface area contributed by atoms with E-state index in [-0.39, 0.29) is 24.4 Å². The molecule has 1 heterocycles. The number of methoxy groups -OCH3 is 2. The fourth-order valence-corrected chi connectivity index (χ4v) is 3.60. The topological polar surface area (TPSA) is 89.5 Å². The van der Waals surface area contributed by atoms with E-state index in [9.17, 15) is 18.4 Å². The SMILES string of the molecule is COc1ccc(OC)c(-c2csc(NC(=O)CCCNC(=O)c3ccc(F)cc3F)n2)c1. The summed E-state index contributed by atoms with van der Waals surface area (Å²) < 4.78 is 37.1. The molecule has 3 aromatic rings. The minimum atomic E-state index is -0.938. The zero-order valence-corrected chi connectivity index (χ0v) is 18.2. The van der Waals surface area contributed by atoms with Crippen LogP contribution in [0, 0.1) is 11.6 Å². The Hall–Kier alpha value is -3.53. The summed E-state index contributed by atoms with van der Waals surface area (Å²) in [6.07, 6.45) is 0.464. The Kier molecular flexibility index (Phi) is 7.72. The van der Waals surface area contributed by atoms with Gasteiger partial charge in [-0.25, -0.2) is 13.8 Å². The van der Waals surface area contributed by atoms with Crippen molar-refractivity contribution in [1.82, 2.24) is 10.3 Å². The van der Waals surface area contributed by atoms with Gasteiger partial charge in [0.1, 0.15) is 23.1 Å². The van der Waals surface area contributed by atoms with Gasteiger partial charge in [0.2, 0.25) is 5.91 Å². The number of ether oxygens (including phenoxy) is 2. The first-order valence-corrected chi connectivity index (χ1v) is 10.5. The van der Waals surface area contributed by atoms with E-state index in [2.05, 4.69) is 15.6 Å². The number of benzene rings is 2. The average molecular weight is 461 g/mol. The molecule has 2 N–H and O–H groups in total. The van der Waals surface area contributed by atoms with E-state index in [1.54, 1.807) is 37.8 Å². The molecule has 0 aliphatic carbocycles. The summed E-state index contributed by atoms with van der Waals surface area (Å²) in [5.41, 5.74) is 1.12. The summed E-state index contributed by atoms with van der Waals surface area (Å²) in [6.45, 7) is 0.160. The highest BCUT2D eigenvalue weighted by atomic mass is 32.1. The summed E-state index contributed by atoms with van der Waals surface area (Å²) in [5.74, 6) is -1.35. The smallest absolute Gasteiger partial charge is 0.254 e. The molecule has 0 radical (unpaired) electrons. The van der Waals surface area contributed by atoms with Crippen LogP contribution in [0.2, 0.25) is 0 Å². The number of hydrogen-bond acceptors (Lipinski definition) is 6. The number of hydrogen-bond donors (Lipinski definition) is 2. The Balaban J connectivity index is 1.50. The molecule has 0 fully saturated rings. The highest BCUT2D eigenvalue weighted by Crippen LogP contribution is 2.35. The van der Waals surface area contributed by atoms with Crippen LogP contribution in [0.25, 0.3) is 11.3 Å². The second-order valence-electron chi connectivity index (χ2n) is 6.64. The second kappa shape index (κ2) is 10.7. The van der Waals surface area contributed by atoms with Gasteiger partial charge in [-0.2, -0.15) is 0 Å². The molecule has 7 nitrogen and oxygen atoms in total. The lowest BCUT2D eigenvalue weighted by atomic mass is 10.1. The average Bonchev–Trinajstić information content (AvgIpc) is 3.24. The van der Waals surface area contributed by atoms with Crippen LogP contribution in [-0.4, -0.2) is 37.6 Å². The Morgan fingerprint density at radius 3 is 2.62 bits per heavy atom. The van der Waals surface area contributed by atoms with Crippen LogP contribution in [0.15, 0.2) is 41.8 Å². The van der Waals surface area contributed by atoms with Gasteiger partial charge >= 0.3 is 0 Å². The second-order valence-corrected chi connectivity index (χ2v) is 7.49. The normalized spacial score (nSPS) is 10.5. The highest BCUT2D eigenvalue weighted by Gasteiger charge is 2.14. The fourth-order valence-electron chi connectivity index (χ4n) is 2.87. The maximum atomic E-state index is 13.6. The first-order chi connectivity index (χ1) is 15.4. The van der Waals surface area contributed by atoms with Crippen molar-refractivity contribution in [2.45, 2.75) is 12.8 Å². The molecule has 0 aliphatic rings. The third-order valence-electron chi connectivity index (χ3n) is 4.48. The number of amides is 2. The highest BCUT2D eigenvalue weighted by molar-refractivity contribution is 7.14. The van der Waals surface area contributed by atoms with Crippen molar-refractivity contribution in [2.75, 3.05) is 26.1 Å². The molecule has 2 aromatic carbocycles. The number of halogens is 2. The molecular formula is C22H21F2N3O4S. The van der Waals surface area contributed by atoms with Crippen molar-refractivity contribution >= 4 is 28.3 Å². The number of nitrogens with one attached hydrogen (secondary N) is 2. The van der Waals surface area contributed by atoms with Crippen molar-refractivity contribution in [3.63, 3.8) is 0 Å². The van der Waals surface area contributed by atoms with Gasteiger partial charge in [0.25, 0.3) is 5.91 Å². The van der Waals surface area contributed by atoms with Gasteiger partial charge in [-0.05, 0) is 36.8 Å². The number of thiazole rings is 1. The Morgan fingerprint density at radius 1 is 1.09 bits per heavy atom. The zero-order valence-electron chi connectivity index (χ0n) is 17.4. The minimum absolute atomic E-state index is 0.129. The maximum Gasteiger partial charge on any atom is 0.254 e. The lowest BCUT2D eigenvalue weighted by Gasteiger charge is -2.08. The number of rotatable bonds is 9. The molecule has 0 saturated carbocycles. The van der Waals surface area contributed by atoms with E-state index in [4.69, 9.17) is 9.47 Å². The summed E-state index contributed by atoms with van der Waals surface area (Å²) in [6, 6.07) is 8.08. The predicted octanol–water partition coefficient (Wildman–Crippen LogP) is 4.25. The molecule has 0 bridgehead atoms. The van der Waals surface area contributed by atoms with E-state index >= 15 is 0 Å². The van der Waals surface area contributed by atoms with E-state index in [0.29, 0.717) is 34.8 Å². The van der Waals surface area contributed by atoms with Gasteiger partial charge in [-0.1, -0.05) is 0 Å². The van der Waals surface area contributed by atoms with Crippen LogP contribution in [0.3, 0.4) is 0 Å². The lowest BCUT2D eigenvalue weighted by Crippen LogP contribution is -2.26. The number of carbonyl (C=O) groups excluding carboxylic acids is 2. The van der Waals surface area contributed by atoms with Crippen molar-refractivity contribution in [3.05, 3.63) is 59.0 Å². The van der Waals surface area contributed by atoms with Crippen LogP contribution in [0.4, 0.5) is 13.9 Å². The largest absolute Gasteiger partial charge is 0.497 e. The van der Waals surface area contributed by atoms with E-state index < -0.39 is 17.5 Å². The van der Waals surface area contributed by atoms with Gasteiger partial charge in [-0.15, -0.1) is 11.3 Å². The third kappa shape index (κ3) is 5.79. The summed E-state index contributed by atoms with van der Waals surface area (Å²) >= 11 is 1.27. The van der Waals surface area contributed by atoms with Crippen LogP contribution < -0.4 is 20.1 Å². The molecule has 0 saturated heterocycles. The lowest BCUT2D eigenvalue weighted by molar-refractivity contribution is -0.116. The van der Waals surface area contributed by atoms with Crippen LogP contribution in [0.1, 0.15) is 23.2 Å². The minimum Gasteiger partial charge on any atom is -0.497 e.